The van der Waals surface area contributed by atoms with E-state index in [2.05, 4.69) is 10.3 Å². The van der Waals surface area contributed by atoms with E-state index in [1.165, 1.54) is 30.4 Å². The number of carbonyl (C=O) groups excluding carboxylic acids is 1. The van der Waals surface area contributed by atoms with Crippen molar-refractivity contribution in [3.8, 4) is 11.5 Å². The van der Waals surface area contributed by atoms with Gasteiger partial charge in [0, 0.05) is 11.1 Å². The third-order valence-electron chi connectivity index (χ3n) is 4.65. The van der Waals surface area contributed by atoms with Gasteiger partial charge in [0.2, 0.25) is 11.8 Å². The lowest BCUT2D eigenvalue weighted by Gasteiger charge is -2.05. The van der Waals surface area contributed by atoms with E-state index in [1.54, 1.807) is 36.4 Å². The fourth-order valence-electron chi connectivity index (χ4n) is 3.12. The highest BCUT2D eigenvalue weighted by atomic mass is 35.5. The second kappa shape index (κ2) is 9.44. The Morgan fingerprint density at radius 1 is 1.09 bits per heavy atom. The fourth-order valence-corrected chi connectivity index (χ4v) is 3.57. The first kappa shape index (κ1) is 22.5. The fraction of sp³-hybridized carbons (Fsp3) is 0.0417. The van der Waals surface area contributed by atoms with Gasteiger partial charge in [-0.3, -0.25) is 9.59 Å². The normalized spacial score (nSPS) is 11.2. The lowest BCUT2D eigenvalue weighted by molar-refractivity contribution is -0.136. The standard InChI is InChI=1S/C24H15Cl2FN2O4/c25-15-4-6-19(17(26)12-15)28-22(30)8-3-13-1-5-16(18(27)9-13)24-29-20-10-14(11-23(31)32)2-7-21(20)33-24/h1-10,12H,11H2,(H,28,30)(H,31,32)/b8-3+. The second-order valence-corrected chi connectivity index (χ2v) is 7.92. The van der Waals surface area contributed by atoms with Crippen molar-refractivity contribution in [2.24, 2.45) is 0 Å². The van der Waals surface area contributed by atoms with E-state index in [9.17, 15) is 14.0 Å². The average molecular weight is 485 g/mol. The Kier molecular flexibility index (Phi) is 6.44. The molecule has 0 unspecified atom stereocenters. The monoisotopic (exact) mass is 484 g/mol. The molecule has 33 heavy (non-hydrogen) atoms. The van der Waals surface area contributed by atoms with E-state index in [0.717, 1.165) is 0 Å². The zero-order chi connectivity index (χ0) is 23.5. The van der Waals surface area contributed by atoms with Crippen molar-refractivity contribution in [1.29, 1.82) is 0 Å². The number of carboxylic acid groups (broad SMARTS) is 1. The molecule has 0 saturated heterocycles. The molecule has 0 bridgehead atoms. The Bertz CT molecular complexity index is 1420. The molecule has 6 nitrogen and oxygen atoms in total. The lowest BCUT2D eigenvalue weighted by Crippen LogP contribution is -2.08. The first-order valence-electron chi connectivity index (χ1n) is 9.64. The number of nitrogens with one attached hydrogen (secondary N) is 1. The zero-order valence-electron chi connectivity index (χ0n) is 16.8. The number of hydrogen-bond acceptors (Lipinski definition) is 4. The third-order valence-corrected chi connectivity index (χ3v) is 5.19. The van der Waals surface area contributed by atoms with Gasteiger partial charge in [-0.2, -0.15) is 0 Å². The molecule has 0 aliphatic carbocycles. The van der Waals surface area contributed by atoms with E-state index in [4.69, 9.17) is 32.7 Å². The van der Waals surface area contributed by atoms with Crippen molar-refractivity contribution in [2.75, 3.05) is 5.32 Å². The summed E-state index contributed by atoms with van der Waals surface area (Å²) in [6, 6.07) is 13.9. The van der Waals surface area contributed by atoms with Crippen LogP contribution in [0.25, 0.3) is 28.6 Å². The summed E-state index contributed by atoms with van der Waals surface area (Å²) in [6.07, 6.45) is 2.56. The molecule has 4 rings (SSSR count). The van der Waals surface area contributed by atoms with Crippen LogP contribution >= 0.6 is 23.2 Å². The van der Waals surface area contributed by atoms with Crippen LogP contribution < -0.4 is 5.32 Å². The second-order valence-electron chi connectivity index (χ2n) is 7.08. The van der Waals surface area contributed by atoms with E-state index in [-0.39, 0.29) is 17.9 Å². The number of hydrogen-bond donors (Lipinski definition) is 2. The van der Waals surface area contributed by atoms with Crippen LogP contribution in [-0.4, -0.2) is 22.0 Å². The van der Waals surface area contributed by atoms with Crippen molar-refractivity contribution >= 4 is 57.9 Å². The molecular formula is C24H15Cl2FN2O4. The zero-order valence-corrected chi connectivity index (χ0v) is 18.3. The van der Waals surface area contributed by atoms with Crippen molar-refractivity contribution in [1.82, 2.24) is 4.98 Å². The molecule has 0 radical (unpaired) electrons. The molecule has 3 aromatic carbocycles. The number of oxazole rings is 1. The van der Waals surface area contributed by atoms with Crippen LogP contribution in [0.1, 0.15) is 11.1 Å². The summed E-state index contributed by atoms with van der Waals surface area (Å²) in [5, 5.41) is 12.3. The molecule has 0 spiro atoms. The summed E-state index contributed by atoms with van der Waals surface area (Å²) in [7, 11) is 0. The van der Waals surface area contributed by atoms with Crippen molar-refractivity contribution in [2.45, 2.75) is 6.42 Å². The maximum absolute atomic E-state index is 14.7. The van der Waals surface area contributed by atoms with Crippen LogP contribution in [0, 0.1) is 5.82 Å². The van der Waals surface area contributed by atoms with Crippen LogP contribution in [0.5, 0.6) is 0 Å². The minimum atomic E-state index is -0.960. The molecule has 1 amide bonds. The van der Waals surface area contributed by atoms with E-state index >= 15 is 0 Å². The number of anilines is 1. The Morgan fingerprint density at radius 2 is 1.91 bits per heavy atom. The largest absolute Gasteiger partial charge is 0.481 e. The summed E-state index contributed by atoms with van der Waals surface area (Å²) in [4.78, 5) is 27.3. The number of fused-ring (bicyclic) bond motifs is 1. The average Bonchev–Trinajstić information content (AvgIpc) is 3.17. The van der Waals surface area contributed by atoms with Gasteiger partial charge in [-0.15, -0.1) is 0 Å². The highest BCUT2D eigenvalue weighted by molar-refractivity contribution is 6.36. The SMILES string of the molecule is O=C(O)Cc1ccc2oc(-c3ccc(/C=C/C(=O)Nc4ccc(Cl)cc4Cl)cc3F)nc2c1. The van der Waals surface area contributed by atoms with E-state index in [1.807, 2.05) is 0 Å². The van der Waals surface area contributed by atoms with Crippen LogP contribution in [0.2, 0.25) is 10.0 Å². The quantitative estimate of drug-likeness (QED) is 0.317. The first-order valence-corrected chi connectivity index (χ1v) is 10.4. The molecule has 9 heteroatoms. The molecule has 4 aromatic rings. The molecule has 0 aliphatic rings. The van der Waals surface area contributed by atoms with Gasteiger partial charge < -0.3 is 14.8 Å². The molecule has 2 N–H and O–H groups in total. The van der Waals surface area contributed by atoms with Gasteiger partial charge in [-0.05, 0) is 59.7 Å². The Morgan fingerprint density at radius 3 is 2.64 bits per heavy atom. The maximum Gasteiger partial charge on any atom is 0.307 e. The summed E-state index contributed by atoms with van der Waals surface area (Å²) in [5.74, 6) is -1.92. The number of aromatic nitrogens is 1. The number of carbonyl (C=O) groups is 2. The van der Waals surface area contributed by atoms with Gasteiger partial charge >= 0.3 is 5.97 Å². The Labute approximate surface area is 197 Å². The number of amides is 1. The highest BCUT2D eigenvalue weighted by Gasteiger charge is 2.14. The predicted octanol–water partition coefficient (Wildman–Crippen LogP) is 6.22. The molecule has 0 atom stereocenters. The number of benzene rings is 3. The Hall–Kier alpha value is -3.68. The molecular weight excluding hydrogens is 470 g/mol. The lowest BCUT2D eigenvalue weighted by atomic mass is 10.1. The number of nitrogens with zero attached hydrogens (tertiary/aromatic N) is 1. The summed E-state index contributed by atoms with van der Waals surface area (Å²) < 4.78 is 20.4. The first-order chi connectivity index (χ1) is 15.8. The number of aliphatic carboxylic acids is 1. The summed E-state index contributed by atoms with van der Waals surface area (Å²) in [5.41, 5.74) is 2.41. The minimum Gasteiger partial charge on any atom is -0.481 e. The third kappa shape index (κ3) is 5.39. The minimum absolute atomic E-state index is 0.0700. The Balaban J connectivity index is 1.50. The molecule has 166 valence electrons. The van der Waals surface area contributed by atoms with Gasteiger partial charge in [0.25, 0.3) is 0 Å². The molecule has 0 fully saturated rings. The number of rotatable bonds is 6. The number of carboxylic acids is 1. The molecule has 0 saturated carbocycles. The van der Waals surface area contributed by atoms with Gasteiger partial charge in [0.05, 0.1) is 22.7 Å². The molecule has 1 aromatic heterocycles. The smallest absolute Gasteiger partial charge is 0.307 e. The summed E-state index contributed by atoms with van der Waals surface area (Å²) >= 11 is 11.9. The van der Waals surface area contributed by atoms with Crippen LogP contribution in [0.15, 0.2) is 65.1 Å². The van der Waals surface area contributed by atoms with E-state index < -0.39 is 17.7 Å². The highest BCUT2D eigenvalue weighted by Crippen LogP contribution is 2.28. The van der Waals surface area contributed by atoms with Crippen molar-refractivity contribution in [3.05, 3.63) is 87.7 Å². The van der Waals surface area contributed by atoms with Gasteiger partial charge in [-0.25, -0.2) is 9.37 Å². The molecule has 0 aliphatic heterocycles. The van der Waals surface area contributed by atoms with Crippen molar-refractivity contribution < 1.29 is 23.5 Å². The number of halogens is 3. The predicted molar refractivity (Wildman–Crippen MR) is 125 cm³/mol. The van der Waals surface area contributed by atoms with Crippen LogP contribution in [0.4, 0.5) is 10.1 Å². The maximum atomic E-state index is 14.7. The topological polar surface area (TPSA) is 92.4 Å². The summed E-state index contributed by atoms with van der Waals surface area (Å²) in [6.45, 7) is 0. The molecule has 1 heterocycles. The van der Waals surface area contributed by atoms with Gasteiger partial charge in [-0.1, -0.05) is 35.3 Å². The van der Waals surface area contributed by atoms with Crippen LogP contribution in [0.3, 0.4) is 0 Å². The van der Waals surface area contributed by atoms with Gasteiger partial charge in [0.15, 0.2) is 5.58 Å². The van der Waals surface area contributed by atoms with Gasteiger partial charge in [0.1, 0.15) is 11.3 Å². The van der Waals surface area contributed by atoms with Crippen molar-refractivity contribution in [3.63, 3.8) is 0 Å². The van der Waals surface area contributed by atoms with E-state index in [0.29, 0.717) is 38.0 Å². The van der Waals surface area contributed by atoms with Crippen LogP contribution in [-0.2, 0) is 16.0 Å².